The Morgan fingerprint density at radius 2 is 1.90 bits per heavy atom. The SMILES string of the molecule is O=[N+]([O-])c1ccc(Cl)nc1Nc1c(F)cc(Br)cc1F. The van der Waals surface area contributed by atoms with Crippen LogP contribution in [0.3, 0.4) is 0 Å². The van der Waals surface area contributed by atoms with Gasteiger partial charge in [-0.25, -0.2) is 13.8 Å². The highest BCUT2D eigenvalue weighted by molar-refractivity contribution is 9.10. The molecule has 0 amide bonds. The molecule has 0 saturated heterocycles. The van der Waals surface area contributed by atoms with E-state index in [2.05, 4.69) is 26.2 Å². The van der Waals surface area contributed by atoms with Crippen molar-refractivity contribution in [3.8, 4) is 0 Å². The average Bonchev–Trinajstić information content (AvgIpc) is 2.33. The van der Waals surface area contributed by atoms with E-state index >= 15 is 0 Å². The lowest BCUT2D eigenvalue weighted by molar-refractivity contribution is -0.384. The standard InChI is InChI=1S/C11H5BrClF2N3O2/c12-5-3-6(14)10(7(15)4-5)17-11-8(18(19)20)1-2-9(13)16-11/h1-4H,(H,16,17). The van der Waals surface area contributed by atoms with E-state index in [0.717, 1.165) is 18.2 Å². The van der Waals surface area contributed by atoms with Gasteiger partial charge in [-0.3, -0.25) is 10.1 Å². The van der Waals surface area contributed by atoms with Crippen molar-refractivity contribution in [1.29, 1.82) is 0 Å². The van der Waals surface area contributed by atoms with Crippen molar-refractivity contribution in [2.45, 2.75) is 0 Å². The normalized spacial score (nSPS) is 10.4. The van der Waals surface area contributed by atoms with Crippen molar-refractivity contribution in [3.05, 3.63) is 55.6 Å². The lowest BCUT2D eigenvalue weighted by Gasteiger charge is -2.09. The van der Waals surface area contributed by atoms with E-state index in [1.807, 2.05) is 0 Å². The second-order valence-electron chi connectivity index (χ2n) is 3.63. The zero-order valence-corrected chi connectivity index (χ0v) is 11.9. The smallest absolute Gasteiger partial charge is 0.311 e. The minimum absolute atomic E-state index is 0.0453. The topological polar surface area (TPSA) is 68.1 Å². The molecule has 9 heteroatoms. The van der Waals surface area contributed by atoms with Crippen LogP contribution in [-0.4, -0.2) is 9.91 Å². The first kappa shape index (κ1) is 14.6. The number of benzene rings is 1. The largest absolute Gasteiger partial charge is 0.330 e. The first-order valence-corrected chi connectivity index (χ1v) is 6.28. The molecule has 0 unspecified atom stereocenters. The van der Waals surface area contributed by atoms with Crippen LogP contribution in [0.2, 0.25) is 5.15 Å². The molecule has 0 saturated carbocycles. The third kappa shape index (κ3) is 3.02. The number of nitrogens with one attached hydrogen (secondary N) is 1. The zero-order valence-electron chi connectivity index (χ0n) is 9.53. The second kappa shape index (κ2) is 5.68. The molecule has 0 fully saturated rings. The average molecular weight is 365 g/mol. The molecule has 0 bridgehead atoms. The molecule has 0 aliphatic heterocycles. The molecule has 0 aliphatic rings. The van der Waals surface area contributed by atoms with Crippen molar-refractivity contribution in [2.75, 3.05) is 5.32 Å². The van der Waals surface area contributed by atoms with Crippen LogP contribution in [0.4, 0.5) is 26.0 Å². The van der Waals surface area contributed by atoms with Gasteiger partial charge in [-0.1, -0.05) is 27.5 Å². The highest BCUT2D eigenvalue weighted by Gasteiger charge is 2.19. The van der Waals surface area contributed by atoms with Gasteiger partial charge < -0.3 is 5.32 Å². The van der Waals surface area contributed by atoms with E-state index in [1.165, 1.54) is 6.07 Å². The van der Waals surface area contributed by atoms with Gasteiger partial charge in [0.1, 0.15) is 10.8 Å². The van der Waals surface area contributed by atoms with Crippen LogP contribution < -0.4 is 5.32 Å². The van der Waals surface area contributed by atoms with E-state index in [4.69, 9.17) is 11.6 Å². The number of hydrogen-bond donors (Lipinski definition) is 1. The van der Waals surface area contributed by atoms with Crippen molar-refractivity contribution in [2.24, 2.45) is 0 Å². The molecule has 2 aromatic rings. The fourth-order valence-corrected chi connectivity index (χ4v) is 2.00. The summed E-state index contributed by atoms with van der Waals surface area (Å²) in [6, 6.07) is 4.33. The first-order valence-electron chi connectivity index (χ1n) is 5.11. The molecule has 0 radical (unpaired) electrons. The predicted octanol–water partition coefficient (Wildman–Crippen LogP) is 4.43. The van der Waals surface area contributed by atoms with Gasteiger partial charge in [0.05, 0.1) is 4.92 Å². The van der Waals surface area contributed by atoms with Crippen LogP contribution >= 0.6 is 27.5 Å². The summed E-state index contributed by atoms with van der Waals surface area (Å²) in [5, 5.41) is 13.0. The minimum atomic E-state index is -0.923. The van der Waals surface area contributed by atoms with Gasteiger partial charge in [-0.05, 0) is 18.2 Å². The van der Waals surface area contributed by atoms with Crippen LogP contribution in [0.25, 0.3) is 0 Å². The van der Waals surface area contributed by atoms with Gasteiger partial charge in [-0.2, -0.15) is 0 Å². The lowest BCUT2D eigenvalue weighted by Crippen LogP contribution is -2.03. The Morgan fingerprint density at radius 3 is 2.45 bits per heavy atom. The zero-order chi connectivity index (χ0) is 14.9. The molecule has 1 heterocycles. The molecule has 1 aromatic heterocycles. The maximum absolute atomic E-state index is 13.7. The highest BCUT2D eigenvalue weighted by Crippen LogP contribution is 2.31. The Morgan fingerprint density at radius 1 is 1.30 bits per heavy atom. The summed E-state index contributed by atoms with van der Waals surface area (Å²) < 4.78 is 27.5. The number of hydrogen-bond acceptors (Lipinski definition) is 4. The lowest BCUT2D eigenvalue weighted by atomic mass is 10.3. The maximum Gasteiger partial charge on any atom is 0.311 e. The van der Waals surface area contributed by atoms with Gasteiger partial charge in [0.15, 0.2) is 11.6 Å². The summed E-state index contributed by atoms with van der Waals surface area (Å²) in [7, 11) is 0. The molecule has 0 atom stereocenters. The predicted molar refractivity (Wildman–Crippen MR) is 73.2 cm³/mol. The summed E-state index contributed by atoms with van der Waals surface area (Å²) in [6.07, 6.45) is 0. The van der Waals surface area contributed by atoms with Gasteiger partial charge >= 0.3 is 5.69 Å². The fraction of sp³-hybridized carbons (Fsp3) is 0. The molecule has 1 aromatic carbocycles. The number of nitrogens with zero attached hydrogens (tertiary/aromatic N) is 2. The number of nitro groups is 1. The van der Waals surface area contributed by atoms with Crippen LogP contribution in [0.1, 0.15) is 0 Å². The molecular formula is C11H5BrClF2N3O2. The van der Waals surface area contributed by atoms with Crippen molar-refractivity contribution < 1.29 is 13.7 Å². The second-order valence-corrected chi connectivity index (χ2v) is 4.93. The van der Waals surface area contributed by atoms with Crippen LogP contribution in [-0.2, 0) is 0 Å². The van der Waals surface area contributed by atoms with E-state index in [0.29, 0.717) is 0 Å². The monoisotopic (exact) mass is 363 g/mol. The Hall–Kier alpha value is -1.80. The van der Waals surface area contributed by atoms with Crippen molar-refractivity contribution >= 4 is 44.7 Å². The quantitative estimate of drug-likeness (QED) is 0.497. The van der Waals surface area contributed by atoms with E-state index in [1.54, 1.807) is 0 Å². The fourth-order valence-electron chi connectivity index (χ4n) is 1.45. The number of aromatic nitrogens is 1. The molecule has 20 heavy (non-hydrogen) atoms. The summed E-state index contributed by atoms with van der Waals surface area (Å²) in [4.78, 5) is 13.8. The first-order chi connectivity index (χ1) is 9.38. The summed E-state index contributed by atoms with van der Waals surface area (Å²) in [6.45, 7) is 0. The Kier molecular flexibility index (Phi) is 4.15. The number of halogens is 4. The van der Waals surface area contributed by atoms with Gasteiger partial charge in [0.25, 0.3) is 0 Å². The van der Waals surface area contributed by atoms with E-state index < -0.39 is 27.9 Å². The number of rotatable bonds is 3. The molecule has 1 N–H and O–H groups in total. The van der Waals surface area contributed by atoms with Crippen LogP contribution in [0.15, 0.2) is 28.7 Å². The van der Waals surface area contributed by atoms with Crippen molar-refractivity contribution in [3.63, 3.8) is 0 Å². The summed E-state index contributed by atoms with van der Waals surface area (Å²) in [5.74, 6) is -2.19. The molecule has 0 aliphatic carbocycles. The van der Waals surface area contributed by atoms with Crippen molar-refractivity contribution in [1.82, 2.24) is 4.98 Å². The molecule has 2 rings (SSSR count). The highest BCUT2D eigenvalue weighted by atomic mass is 79.9. The maximum atomic E-state index is 13.7. The Labute approximate surface area is 124 Å². The summed E-state index contributed by atoms with van der Waals surface area (Å²) >= 11 is 8.55. The van der Waals surface area contributed by atoms with Crippen LogP contribution in [0, 0.1) is 21.7 Å². The third-order valence-electron chi connectivity index (χ3n) is 2.29. The summed E-state index contributed by atoms with van der Waals surface area (Å²) in [5.41, 5.74) is -0.998. The Bertz CT molecular complexity index is 676. The number of anilines is 2. The molecule has 104 valence electrons. The number of pyridine rings is 1. The van der Waals surface area contributed by atoms with E-state index in [-0.39, 0.29) is 15.4 Å². The van der Waals surface area contributed by atoms with Gasteiger partial charge in [0, 0.05) is 10.5 Å². The minimum Gasteiger partial charge on any atom is -0.330 e. The third-order valence-corrected chi connectivity index (χ3v) is 2.96. The van der Waals surface area contributed by atoms with Gasteiger partial charge in [0.2, 0.25) is 5.82 Å². The van der Waals surface area contributed by atoms with E-state index in [9.17, 15) is 18.9 Å². The molecule has 0 spiro atoms. The molecule has 5 nitrogen and oxygen atoms in total. The Balaban J connectivity index is 2.50. The molecular weight excluding hydrogens is 359 g/mol. The van der Waals surface area contributed by atoms with Crippen LogP contribution in [0.5, 0.6) is 0 Å². The van der Waals surface area contributed by atoms with Gasteiger partial charge in [-0.15, -0.1) is 0 Å².